The van der Waals surface area contributed by atoms with Gasteiger partial charge in [0.05, 0.1) is 5.41 Å². The number of furan rings is 1. The van der Waals surface area contributed by atoms with Gasteiger partial charge in [-0.15, -0.1) is 0 Å². The van der Waals surface area contributed by atoms with Crippen molar-refractivity contribution in [2.24, 2.45) is 0 Å². The van der Waals surface area contributed by atoms with Crippen molar-refractivity contribution in [1.82, 2.24) is 0 Å². The molecule has 1 spiro atoms. The van der Waals surface area contributed by atoms with Crippen molar-refractivity contribution in [1.29, 1.82) is 0 Å². The summed E-state index contributed by atoms with van der Waals surface area (Å²) in [5, 5.41) is 12.7. The van der Waals surface area contributed by atoms with E-state index in [4.69, 9.17) is 4.42 Å². The monoisotopic (exact) mass is 732 g/mol. The van der Waals surface area contributed by atoms with Gasteiger partial charge in [-0.2, -0.15) is 0 Å². The van der Waals surface area contributed by atoms with Gasteiger partial charge in [-0.3, -0.25) is 0 Å². The lowest BCUT2D eigenvalue weighted by atomic mass is 9.69. The first kappa shape index (κ1) is 30.7. The van der Waals surface area contributed by atoms with Gasteiger partial charge in [-0.1, -0.05) is 158 Å². The van der Waals surface area contributed by atoms with E-state index >= 15 is 0 Å². The minimum absolute atomic E-state index is 0.495. The van der Waals surface area contributed by atoms with Crippen molar-refractivity contribution in [3.63, 3.8) is 0 Å². The van der Waals surface area contributed by atoms with Crippen LogP contribution >= 0.6 is 0 Å². The van der Waals surface area contributed by atoms with Crippen LogP contribution in [-0.4, -0.2) is 0 Å². The predicted molar refractivity (Wildman–Crippen MR) is 242 cm³/mol. The minimum Gasteiger partial charge on any atom is -0.456 e. The standard InChI is InChI=1S/C57H32O/c1-4-16-49-42(11-1)43-12-2-5-17-50(43)57(49)51-31-35(39-29-37-21-19-33-9-7-10-34-20-22-38(30-39)55(37)54(33)34)23-25-44(51)48-28-27-41-40(14-8-15-47(41)56(48)57)36-24-26-46-45-13-3-6-18-52(45)58-53(46)32-36/h1-32H. The predicted octanol–water partition coefficient (Wildman–Crippen LogP) is 15.3. The summed E-state index contributed by atoms with van der Waals surface area (Å²) in [5.74, 6) is 0. The minimum atomic E-state index is -0.495. The van der Waals surface area contributed by atoms with Crippen LogP contribution in [0.15, 0.2) is 199 Å². The molecular formula is C57H32O. The maximum atomic E-state index is 6.40. The number of fused-ring (bicyclic) bond motifs is 15. The molecule has 0 saturated carbocycles. The molecule has 12 aromatic rings. The fourth-order valence-corrected chi connectivity index (χ4v) is 11.2. The Kier molecular flexibility index (Phi) is 5.76. The Morgan fingerprint density at radius 1 is 0.293 bits per heavy atom. The smallest absolute Gasteiger partial charge is 0.136 e. The lowest BCUT2D eigenvalue weighted by Crippen LogP contribution is -2.26. The Bertz CT molecular complexity index is 3640. The SMILES string of the molecule is c1ccc2c(c1)-c1ccccc1C21c2cc(-c3cc4ccc5cccc6ccc(c3)c4c56)ccc2-c2ccc3c(-c4ccc5c(c4)oc4ccccc45)cccc3c21. The largest absolute Gasteiger partial charge is 0.456 e. The Balaban J connectivity index is 1.04. The lowest BCUT2D eigenvalue weighted by Gasteiger charge is -2.32. The molecule has 2 aliphatic rings. The van der Waals surface area contributed by atoms with Gasteiger partial charge in [0.2, 0.25) is 0 Å². The highest BCUT2D eigenvalue weighted by Gasteiger charge is 2.52. The summed E-state index contributed by atoms with van der Waals surface area (Å²) in [7, 11) is 0. The summed E-state index contributed by atoms with van der Waals surface area (Å²) < 4.78 is 6.40. The van der Waals surface area contributed by atoms with Crippen LogP contribution in [0.25, 0.3) is 110 Å². The molecule has 1 heteroatoms. The van der Waals surface area contributed by atoms with Gasteiger partial charge in [0.15, 0.2) is 0 Å². The van der Waals surface area contributed by atoms with E-state index < -0.39 is 5.41 Å². The number of hydrogen-bond acceptors (Lipinski definition) is 1. The molecule has 0 radical (unpaired) electrons. The van der Waals surface area contributed by atoms with Gasteiger partial charge in [0.25, 0.3) is 0 Å². The third-order valence-electron chi connectivity index (χ3n) is 13.6. The Hall–Kier alpha value is -7.48. The Morgan fingerprint density at radius 2 is 0.862 bits per heavy atom. The van der Waals surface area contributed by atoms with E-state index in [1.807, 2.05) is 6.07 Å². The normalized spacial score (nSPS) is 13.7. The molecule has 0 saturated heterocycles. The highest BCUT2D eigenvalue weighted by Crippen LogP contribution is 2.64. The molecule has 1 heterocycles. The van der Waals surface area contributed by atoms with Crippen LogP contribution < -0.4 is 0 Å². The molecule has 0 unspecified atom stereocenters. The van der Waals surface area contributed by atoms with Crippen LogP contribution in [0.2, 0.25) is 0 Å². The number of rotatable bonds is 2. The van der Waals surface area contributed by atoms with Crippen LogP contribution in [0.3, 0.4) is 0 Å². The molecule has 0 atom stereocenters. The van der Waals surface area contributed by atoms with E-state index in [1.165, 1.54) is 104 Å². The zero-order valence-corrected chi connectivity index (χ0v) is 31.4. The molecule has 1 nitrogen and oxygen atoms in total. The van der Waals surface area contributed by atoms with Crippen molar-refractivity contribution in [3.05, 3.63) is 216 Å². The summed E-state index contributed by atoms with van der Waals surface area (Å²) in [6.45, 7) is 0. The van der Waals surface area contributed by atoms with Gasteiger partial charge in [0, 0.05) is 10.8 Å². The zero-order chi connectivity index (χ0) is 37.7. The summed E-state index contributed by atoms with van der Waals surface area (Å²) in [4.78, 5) is 0. The fraction of sp³-hybridized carbons (Fsp3) is 0.0175. The van der Waals surface area contributed by atoms with Crippen LogP contribution in [0.4, 0.5) is 0 Å². The molecule has 266 valence electrons. The fourth-order valence-electron chi connectivity index (χ4n) is 11.2. The molecule has 0 amide bonds. The van der Waals surface area contributed by atoms with Gasteiger partial charge >= 0.3 is 0 Å². The van der Waals surface area contributed by atoms with Crippen molar-refractivity contribution in [2.45, 2.75) is 5.41 Å². The van der Waals surface area contributed by atoms with Crippen molar-refractivity contribution in [3.8, 4) is 44.5 Å². The van der Waals surface area contributed by atoms with E-state index in [0.29, 0.717) is 0 Å². The second-order valence-corrected chi connectivity index (χ2v) is 16.3. The van der Waals surface area contributed by atoms with Crippen molar-refractivity contribution in [2.75, 3.05) is 0 Å². The molecule has 0 N–H and O–H groups in total. The molecule has 0 fully saturated rings. The van der Waals surface area contributed by atoms with Crippen LogP contribution in [-0.2, 0) is 5.41 Å². The van der Waals surface area contributed by atoms with Crippen LogP contribution in [0.1, 0.15) is 22.3 Å². The first-order valence-corrected chi connectivity index (χ1v) is 20.2. The van der Waals surface area contributed by atoms with Gasteiger partial charge in [-0.25, -0.2) is 0 Å². The molecular weight excluding hydrogens is 701 g/mol. The molecule has 58 heavy (non-hydrogen) atoms. The van der Waals surface area contributed by atoms with E-state index in [2.05, 4.69) is 188 Å². The average molecular weight is 733 g/mol. The molecule has 1 aromatic heterocycles. The third kappa shape index (κ3) is 3.77. The topological polar surface area (TPSA) is 13.1 Å². The summed E-state index contributed by atoms with van der Waals surface area (Å²) in [6, 6.07) is 72.8. The maximum Gasteiger partial charge on any atom is 0.136 e. The second kappa shape index (κ2) is 10.9. The molecule has 2 aliphatic carbocycles. The molecule has 0 bridgehead atoms. The Labute approximate surface area is 334 Å². The number of para-hydroxylation sites is 1. The summed E-state index contributed by atoms with van der Waals surface area (Å²) in [5.41, 5.74) is 16.9. The quantitative estimate of drug-likeness (QED) is 0.161. The highest BCUT2D eigenvalue weighted by molar-refractivity contribution is 6.24. The summed E-state index contributed by atoms with van der Waals surface area (Å²) in [6.07, 6.45) is 0. The number of hydrogen-bond donors (Lipinski definition) is 0. The molecule has 0 aliphatic heterocycles. The van der Waals surface area contributed by atoms with Gasteiger partial charge in [-0.05, 0) is 146 Å². The van der Waals surface area contributed by atoms with E-state index in [-0.39, 0.29) is 0 Å². The van der Waals surface area contributed by atoms with E-state index in [0.717, 1.165) is 27.5 Å². The Morgan fingerprint density at radius 3 is 1.66 bits per heavy atom. The van der Waals surface area contributed by atoms with Crippen LogP contribution in [0, 0.1) is 0 Å². The van der Waals surface area contributed by atoms with Gasteiger partial charge in [0.1, 0.15) is 11.2 Å². The average Bonchev–Trinajstić information content (AvgIpc) is 3.91. The maximum absolute atomic E-state index is 6.40. The van der Waals surface area contributed by atoms with E-state index in [1.54, 1.807) is 0 Å². The highest BCUT2D eigenvalue weighted by atomic mass is 16.3. The first-order chi connectivity index (χ1) is 28.7. The number of benzene rings is 11. The van der Waals surface area contributed by atoms with E-state index in [9.17, 15) is 0 Å². The van der Waals surface area contributed by atoms with Crippen LogP contribution in [0.5, 0.6) is 0 Å². The second-order valence-electron chi connectivity index (χ2n) is 16.3. The zero-order valence-electron chi connectivity index (χ0n) is 31.4. The third-order valence-corrected chi connectivity index (χ3v) is 13.6. The van der Waals surface area contributed by atoms with Crippen molar-refractivity contribution >= 4 is 65.0 Å². The summed E-state index contributed by atoms with van der Waals surface area (Å²) >= 11 is 0. The van der Waals surface area contributed by atoms with Gasteiger partial charge < -0.3 is 4.42 Å². The molecule has 11 aromatic carbocycles. The van der Waals surface area contributed by atoms with Crippen molar-refractivity contribution < 1.29 is 4.42 Å². The lowest BCUT2D eigenvalue weighted by molar-refractivity contribution is 0.669. The molecule has 14 rings (SSSR count). The first-order valence-electron chi connectivity index (χ1n) is 20.2.